The van der Waals surface area contributed by atoms with E-state index in [4.69, 9.17) is 9.15 Å². The molecule has 1 fully saturated rings. The lowest BCUT2D eigenvalue weighted by Gasteiger charge is -2.26. The van der Waals surface area contributed by atoms with Crippen LogP contribution in [0.5, 0.6) is 0 Å². The standard InChI is InChI=1S/C28H33N5O3/c1-17(2)25-22-15-20(5-6-23(22)31-26(25)21-13-18(3)30-19(4)14-21)28-32-24(16-36-28)27(34)29-7-8-33-9-11-35-12-10-33/h5-6,13-17,31H,7-12H2,1-4H3,(H,29,34). The van der Waals surface area contributed by atoms with Gasteiger partial charge in [-0.3, -0.25) is 14.7 Å². The Kier molecular flexibility index (Phi) is 6.89. The summed E-state index contributed by atoms with van der Waals surface area (Å²) < 4.78 is 11.1. The monoisotopic (exact) mass is 487 g/mol. The predicted octanol–water partition coefficient (Wildman–Crippen LogP) is 4.69. The van der Waals surface area contributed by atoms with Gasteiger partial charge in [-0.2, -0.15) is 0 Å². The van der Waals surface area contributed by atoms with Crippen LogP contribution in [0.1, 0.15) is 47.2 Å². The average Bonchev–Trinajstić information content (AvgIpc) is 3.49. The number of oxazole rings is 1. The fraction of sp³-hybridized carbons (Fsp3) is 0.393. The number of nitrogens with zero attached hydrogens (tertiary/aromatic N) is 3. The first-order valence-corrected chi connectivity index (χ1v) is 12.5. The van der Waals surface area contributed by atoms with Gasteiger partial charge in [0.05, 0.1) is 18.9 Å². The number of amides is 1. The number of ether oxygens (including phenoxy) is 1. The van der Waals surface area contributed by atoms with Crippen LogP contribution in [0.3, 0.4) is 0 Å². The molecule has 1 aromatic carbocycles. The third kappa shape index (κ3) is 5.05. The normalized spacial score (nSPS) is 14.6. The van der Waals surface area contributed by atoms with Gasteiger partial charge in [0, 0.05) is 59.6 Å². The summed E-state index contributed by atoms with van der Waals surface area (Å²) in [6.45, 7) is 13.1. The molecule has 2 N–H and O–H groups in total. The zero-order chi connectivity index (χ0) is 25.2. The number of aromatic amines is 1. The Labute approximate surface area is 211 Å². The first-order chi connectivity index (χ1) is 17.4. The second kappa shape index (κ2) is 10.2. The van der Waals surface area contributed by atoms with Gasteiger partial charge in [0.2, 0.25) is 5.89 Å². The van der Waals surface area contributed by atoms with Gasteiger partial charge in [-0.1, -0.05) is 13.8 Å². The van der Waals surface area contributed by atoms with E-state index < -0.39 is 0 Å². The molecule has 8 heteroatoms. The highest BCUT2D eigenvalue weighted by molar-refractivity contribution is 5.95. The van der Waals surface area contributed by atoms with Gasteiger partial charge in [-0.25, -0.2) is 4.98 Å². The van der Waals surface area contributed by atoms with Crippen LogP contribution in [-0.4, -0.2) is 65.2 Å². The van der Waals surface area contributed by atoms with Crippen LogP contribution in [-0.2, 0) is 4.74 Å². The topological polar surface area (TPSA) is 96.3 Å². The number of hydrogen-bond donors (Lipinski definition) is 2. The molecule has 0 radical (unpaired) electrons. The second-order valence-electron chi connectivity index (χ2n) is 9.72. The summed E-state index contributed by atoms with van der Waals surface area (Å²) in [4.78, 5) is 27.5. The van der Waals surface area contributed by atoms with Crippen LogP contribution < -0.4 is 5.32 Å². The molecule has 0 unspecified atom stereocenters. The third-order valence-electron chi connectivity index (χ3n) is 6.59. The van der Waals surface area contributed by atoms with Crippen LogP contribution in [0.4, 0.5) is 0 Å². The summed E-state index contributed by atoms with van der Waals surface area (Å²) in [5.41, 5.74) is 7.65. The lowest BCUT2D eigenvalue weighted by atomic mass is 9.95. The molecule has 8 nitrogen and oxygen atoms in total. The zero-order valence-electron chi connectivity index (χ0n) is 21.4. The summed E-state index contributed by atoms with van der Waals surface area (Å²) in [6.07, 6.45) is 1.43. The molecule has 0 atom stereocenters. The van der Waals surface area contributed by atoms with Crippen molar-refractivity contribution in [2.75, 3.05) is 39.4 Å². The molecule has 0 spiro atoms. The maximum Gasteiger partial charge on any atom is 0.273 e. The zero-order valence-corrected chi connectivity index (χ0v) is 21.4. The maximum absolute atomic E-state index is 12.6. The molecule has 188 valence electrons. The van der Waals surface area contributed by atoms with Crippen LogP contribution >= 0.6 is 0 Å². The van der Waals surface area contributed by atoms with Gasteiger partial charge in [-0.05, 0) is 55.7 Å². The predicted molar refractivity (Wildman–Crippen MR) is 140 cm³/mol. The Morgan fingerprint density at radius 3 is 2.56 bits per heavy atom. The van der Waals surface area contributed by atoms with Crippen molar-refractivity contribution < 1.29 is 13.9 Å². The third-order valence-corrected chi connectivity index (χ3v) is 6.59. The number of H-pyrrole nitrogens is 1. The van der Waals surface area contributed by atoms with Crippen molar-refractivity contribution in [2.24, 2.45) is 0 Å². The van der Waals surface area contributed by atoms with Crippen molar-refractivity contribution in [3.05, 3.63) is 59.2 Å². The number of fused-ring (bicyclic) bond motifs is 1. The number of carbonyl (C=O) groups is 1. The number of benzene rings is 1. The Morgan fingerprint density at radius 2 is 1.83 bits per heavy atom. The fourth-order valence-electron chi connectivity index (χ4n) is 4.91. The average molecular weight is 488 g/mol. The van der Waals surface area contributed by atoms with E-state index >= 15 is 0 Å². The van der Waals surface area contributed by atoms with Crippen molar-refractivity contribution >= 4 is 16.8 Å². The van der Waals surface area contributed by atoms with E-state index in [1.807, 2.05) is 26.0 Å². The molecule has 1 amide bonds. The van der Waals surface area contributed by atoms with Crippen molar-refractivity contribution in [3.63, 3.8) is 0 Å². The summed E-state index contributed by atoms with van der Waals surface area (Å²) in [5.74, 6) is 0.507. The van der Waals surface area contributed by atoms with E-state index in [9.17, 15) is 4.79 Å². The van der Waals surface area contributed by atoms with Gasteiger partial charge < -0.3 is 19.5 Å². The fourth-order valence-corrected chi connectivity index (χ4v) is 4.91. The smallest absolute Gasteiger partial charge is 0.273 e. The molecular formula is C28H33N5O3. The summed E-state index contributed by atoms with van der Waals surface area (Å²) in [6, 6.07) is 10.3. The Bertz CT molecular complexity index is 1360. The Morgan fingerprint density at radius 1 is 1.08 bits per heavy atom. The van der Waals surface area contributed by atoms with Gasteiger partial charge >= 0.3 is 0 Å². The van der Waals surface area contributed by atoms with Crippen LogP contribution in [0.15, 0.2) is 41.0 Å². The summed E-state index contributed by atoms with van der Waals surface area (Å²) >= 11 is 0. The highest BCUT2D eigenvalue weighted by atomic mass is 16.5. The quantitative estimate of drug-likeness (QED) is 0.393. The molecule has 0 bridgehead atoms. The molecule has 4 aromatic rings. The summed E-state index contributed by atoms with van der Waals surface area (Å²) in [5, 5.41) is 4.07. The Hall–Kier alpha value is -3.49. The highest BCUT2D eigenvalue weighted by Gasteiger charge is 2.19. The minimum absolute atomic E-state index is 0.227. The number of hydrogen-bond acceptors (Lipinski definition) is 6. The number of rotatable bonds is 7. The molecule has 3 aromatic heterocycles. The molecule has 1 saturated heterocycles. The lowest BCUT2D eigenvalue weighted by molar-refractivity contribution is 0.0383. The van der Waals surface area contributed by atoms with E-state index in [2.05, 4.69) is 57.2 Å². The molecule has 0 saturated carbocycles. The second-order valence-corrected chi connectivity index (χ2v) is 9.72. The van der Waals surface area contributed by atoms with Gasteiger partial charge in [-0.15, -0.1) is 0 Å². The number of aryl methyl sites for hydroxylation is 2. The number of aromatic nitrogens is 3. The minimum Gasteiger partial charge on any atom is -0.444 e. The van der Waals surface area contributed by atoms with E-state index in [1.54, 1.807) is 0 Å². The van der Waals surface area contributed by atoms with Crippen LogP contribution in [0.25, 0.3) is 33.6 Å². The van der Waals surface area contributed by atoms with E-state index in [0.717, 1.165) is 72.0 Å². The summed E-state index contributed by atoms with van der Waals surface area (Å²) in [7, 11) is 0. The van der Waals surface area contributed by atoms with Crippen molar-refractivity contribution in [3.8, 4) is 22.7 Å². The van der Waals surface area contributed by atoms with E-state index in [1.165, 1.54) is 11.8 Å². The van der Waals surface area contributed by atoms with Crippen LogP contribution in [0.2, 0.25) is 0 Å². The molecule has 4 heterocycles. The highest BCUT2D eigenvalue weighted by Crippen LogP contribution is 2.37. The minimum atomic E-state index is -0.227. The number of nitrogens with one attached hydrogen (secondary N) is 2. The molecule has 36 heavy (non-hydrogen) atoms. The first-order valence-electron chi connectivity index (χ1n) is 12.5. The largest absolute Gasteiger partial charge is 0.444 e. The van der Waals surface area contributed by atoms with E-state index in [0.29, 0.717) is 18.4 Å². The molecule has 0 aliphatic carbocycles. The lowest BCUT2D eigenvalue weighted by Crippen LogP contribution is -2.41. The number of pyridine rings is 1. The molecular weight excluding hydrogens is 454 g/mol. The maximum atomic E-state index is 12.6. The first kappa shape index (κ1) is 24.2. The van der Waals surface area contributed by atoms with E-state index in [-0.39, 0.29) is 11.6 Å². The SMILES string of the molecule is Cc1cc(-c2[nH]c3ccc(-c4nc(C(=O)NCCN5CCOCC5)co4)cc3c2C(C)C)cc(C)n1. The van der Waals surface area contributed by atoms with Crippen LogP contribution in [0, 0.1) is 13.8 Å². The van der Waals surface area contributed by atoms with Gasteiger partial charge in [0.25, 0.3) is 5.91 Å². The Balaban J connectivity index is 1.38. The van der Waals surface area contributed by atoms with Crippen molar-refractivity contribution in [2.45, 2.75) is 33.6 Å². The number of morpholine rings is 1. The number of carbonyl (C=O) groups excluding carboxylic acids is 1. The molecule has 1 aliphatic heterocycles. The van der Waals surface area contributed by atoms with Gasteiger partial charge in [0.15, 0.2) is 5.69 Å². The molecule has 5 rings (SSSR count). The molecule has 1 aliphatic rings. The van der Waals surface area contributed by atoms with Crippen molar-refractivity contribution in [1.29, 1.82) is 0 Å². The van der Waals surface area contributed by atoms with Gasteiger partial charge in [0.1, 0.15) is 6.26 Å². The van der Waals surface area contributed by atoms with Crippen molar-refractivity contribution in [1.82, 2.24) is 25.2 Å².